The highest BCUT2D eigenvalue weighted by atomic mass is 79.9. The summed E-state index contributed by atoms with van der Waals surface area (Å²) in [6.07, 6.45) is 4.14. The molecule has 0 fully saturated rings. The molecule has 0 amide bonds. The number of anilines is 1. The smallest absolute Gasteiger partial charge is 0.305 e. The second-order valence-electron chi connectivity index (χ2n) is 5.12. The van der Waals surface area contributed by atoms with Gasteiger partial charge in [0.2, 0.25) is 0 Å². The van der Waals surface area contributed by atoms with Gasteiger partial charge in [0, 0.05) is 29.5 Å². The molecule has 1 aromatic carbocycles. The Morgan fingerprint density at radius 3 is 3.00 bits per heavy atom. The number of aldehydes is 1. The summed E-state index contributed by atoms with van der Waals surface area (Å²) in [6, 6.07) is 3.94. The van der Waals surface area contributed by atoms with Crippen LogP contribution in [-0.4, -0.2) is 32.0 Å². The van der Waals surface area contributed by atoms with Gasteiger partial charge in [-0.2, -0.15) is 0 Å². The van der Waals surface area contributed by atoms with Gasteiger partial charge in [-0.3, -0.25) is 9.59 Å². The van der Waals surface area contributed by atoms with Crippen LogP contribution in [0.15, 0.2) is 16.6 Å². The predicted octanol–water partition coefficient (Wildman–Crippen LogP) is 3.36. The van der Waals surface area contributed by atoms with Crippen LogP contribution < -0.4 is 4.90 Å². The first-order valence-corrected chi connectivity index (χ1v) is 8.13. The number of nitrogens with zero attached hydrogens (tertiary/aromatic N) is 1. The summed E-state index contributed by atoms with van der Waals surface area (Å²) < 4.78 is 5.88. The van der Waals surface area contributed by atoms with Gasteiger partial charge in [0.1, 0.15) is 0 Å². The van der Waals surface area contributed by atoms with Gasteiger partial charge in [-0.1, -0.05) is 15.9 Å². The van der Waals surface area contributed by atoms with E-state index in [2.05, 4.69) is 26.9 Å². The largest absolute Gasteiger partial charge is 0.466 e. The molecule has 114 valence electrons. The van der Waals surface area contributed by atoms with Crippen LogP contribution in [0.3, 0.4) is 0 Å². The number of hydrogen-bond acceptors (Lipinski definition) is 4. The Balaban J connectivity index is 2.07. The van der Waals surface area contributed by atoms with Crippen LogP contribution in [0.1, 0.15) is 42.1 Å². The van der Waals surface area contributed by atoms with E-state index in [1.807, 2.05) is 13.0 Å². The maximum absolute atomic E-state index is 11.4. The Labute approximate surface area is 133 Å². The number of carbonyl (C=O) groups is 2. The summed E-state index contributed by atoms with van der Waals surface area (Å²) in [6.45, 7) is 3.94. The number of hydrogen-bond donors (Lipinski definition) is 0. The van der Waals surface area contributed by atoms with Gasteiger partial charge in [-0.15, -0.1) is 0 Å². The molecule has 0 bridgehead atoms. The lowest BCUT2D eigenvalue weighted by Crippen LogP contribution is -2.31. The summed E-state index contributed by atoms with van der Waals surface area (Å²) in [5, 5.41) is 0. The molecule has 0 saturated heterocycles. The van der Waals surface area contributed by atoms with Crippen molar-refractivity contribution in [3.63, 3.8) is 0 Å². The van der Waals surface area contributed by atoms with Gasteiger partial charge in [-0.05, 0) is 43.9 Å². The lowest BCUT2D eigenvalue weighted by molar-refractivity contribution is -0.143. The number of fused-ring (bicyclic) bond motifs is 1. The van der Waals surface area contributed by atoms with Gasteiger partial charge >= 0.3 is 5.97 Å². The summed E-state index contributed by atoms with van der Waals surface area (Å²) >= 11 is 3.45. The number of carbonyl (C=O) groups excluding carboxylic acids is 2. The molecule has 1 aliphatic heterocycles. The first kappa shape index (κ1) is 16.0. The standard InChI is InChI=1S/C16H20BrNO3/c1-2-21-15(20)6-4-8-18-7-3-5-12-9-14(17)10-13(11-19)16(12)18/h9-11H,2-8H2,1H3. The zero-order chi connectivity index (χ0) is 15.2. The third kappa shape index (κ3) is 4.06. The van der Waals surface area contributed by atoms with Crippen LogP contribution in [0.4, 0.5) is 5.69 Å². The number of aryl methyl sites for hydroxylation is 1. The van der Waals surface area contributed by atoms with Crippen molar-refractivity contribution in [2.75, 3.05) is 24.6 Å². The van der Waals surface area contributed by atoms with E-state index in [0.29, 0.717) is 13.0 Å². The first-order valence-electron chi connectivity index (χ1n) is 7.34. The van der Waals surface area contributed by atoms with Crippen LogP contribution in [0.5, 0.6) is 0 Å². The predicted molar refractivity (Wildman–Crippen MR) is 85.9 cm³/mol. The van der Waals surface area contributed by atoms with Crippen LogP contribution in [0, 0.1) is 0 Å². The number of rotatable bonds is 6. The Bertz CT molecular complexity index is 530. The van der Waals surface area contributed by atoms with Crippen molar-refractivity contribution >= 4 is 33.9 Å². The summed E-state index contributed by atoms with van der Waals surface area (Å²) in [4.78, 5) is 24.9. The van der Waals surface area contributed by atoms with Crippen molar-refractivity contribution in [2.24, 2.45) is 0 Å². The van der Waals surface area contributed by atoms with E-state index in [1.54, 1.807) is 0 Å². The van der Waals surface area contributed by atoms with Crippen LogP contribution in [0.25, 0.3) is 0 Å². The molecule has 1 aliphatic rings. The van der Waals surface area contributed by atoms with E-state index in [-0.39, 0.29) is 5.97 Å². The lowest BCUT2D eigenvalue weighted by Gasteiger charge is -2.32. The fourth-order valence-electron chi connectivity index (χ4n) is 2.79. The SMILES string of the molecule is CCOC(=O)CCCN1CCCc2cc(Br)cc(C=O)c21. The molecule has 0 unspecified atom stereocenters. The van der Waals surface area contributed by atoms with Gasteiger partial charge in [0.25, 0.3) is 0 Å². The Morgan fingerprint density at radius 1 is 1.48 bits per heavy atom. The molecular formula is C16H20BrNO3. The molecule has 0 spiro atoms. The third-order valence-corrected chi connectivity index (χ3v) is 4.07. The Morgan fingerprint density at radius 2 is 2.29 bits per heavy atom. The zero-order valence-corrected chi connectivity index (χ0v) is 13.8. The fraction of sp³-hybridized carbons (Fsp3) is 0.500. The van der Waals surface area contributed by atoms with Crippen molar-refractivity contribution in [3.8, 4) is 0 Å². The van der Waals surface area contributed by atoms with E-state index < -0.39 is 0 Å². The van der Waals surface area contributed by atoms with Gasteiger partial charge < -0.3 is 9.64 Å². The first-order chi connectivity index (χ1) is 10.2. The highest BCUT2D eigenvalue weighted by Gasteiger charge is 2.20. The molecule has 2 rings (SSSR count). The molecule has 4 nitrogen and oxygen atoms in total. The normalized spacial score (nSPS) is 13.7. The second kappa shape index (κ2) is 7.59. The van der Waals surface area contributed by atoms with Crippen molar-refractivity contribution in [3.05, 3.63) is 27.7 Å². The fourth-order valence-corrected chi connectivity index (χ4v) is 3.31. The Kier molecular flexibility index (Phi) is 5.79. The van der Waals surface area contributed by atoms with Crippen LogP contribution >= 0.6 is 15.9 Å². The highest BCUT2D eigenvalue weighted by molar-refractivity contribution is 9.10. The van der Waals surface area contributed by atoms with Gasteiger partial charge in [0.05, 0.1) is 12.3 Å². The quantitative estimate of drug-likeness (QED) is 0.581. The summed E-state index contributed by atoms with van der Waals surface area (Å²) in [7, 11) is 0. The molecule has 0 aliphatic carbocycles. The highest BCUT2D eigenvalue weighted by Crippen LogP contribution is 2.33. The number of halogens is 1. The lowest BCUT2D eigenvalue weighted by atomic mass is 9.98. The van der Waals surface area contributed by atoms with E-state index in [4.69, 9.17) is 4.74 Å². The van der Waals surface area contributed by atoms with Crippen molar-refractivity contribution in [1.29, 1.82) is 0 Å². The van der Waals surface area contributed by atoms with Crippen LogP contribution in [-0.2, 0) is 16.0 Å². The second-order valence-corrected chi connectivity index (χ2v) is 6.04. The maximum Gasteiger partial charge on any atom is 0.305 e. The monoisotopic (exact) mass is 353 g/mol. The van der Waals surface area contributed by atoms with Crippen molar-refractivity contribution in [1.82, 2.24) is 0 Å². The zero-order valence-electron chi connectivity index (χ0n) is 12.2. The minimum Gasteiger partial charge on any atom is -0.466 e. The number of ether oxygens (including phenoxy) is 1. The maximum atomic E-state index is 11.4. The molecule has 0 aromatic heterocycles. The van der Waals surface area contributed by atoms with Gasteiger partial charge in [0.15, 0.2) is 6.29 Å². The van der Waals surface area contributed by atoms with E-state index >= 15 is 0 Å². The topological polar surface area (TPSA) is 46.6 Å². The molecule has 0 saturated carbocycles. The van der Waals surface area contributed by atoms with E-state index in [0.717, 1.165) is 54.4 Å². The molecular weight excluding hydrogens is 334 g/mol. The Hall–Kier alpha value is -1.36. The number of esters is 1. The number of benzene rings is 1. The molecule has 1 heterocycles. The average molecular weight is 354 g/mol. The molecule has 1 aromatic rings. The van der Waals surface area contributed by atoms with Crippen molar-refractivity contribution < 1.29 is 14.3 Å². The van der Waals surface area contributed by atoms with Gasteiger partial charge in [-0.25, -0.2) is 0 Å². The van der Waals surface area contributed by atoms with E-state index in [9.17, 15) is 9.59 Å². The summed E-state index contributed by atoms with van der Waals surface area (Å²) in [5.74, 6) is -0.152. The molecule has 21 heavy (non-hydrogen) atoms. The molecule has 0 radical (unpaired) electrons. The van der Waals surface area contributed by atoms with E-state index in [1.165, 1.54) is 5.56 Å². The van der Waals surface area contributed by atoms with Crippen LogP contribution in [0.2, 0.25) is 0 Å². The minimum absolute atomic E-state index is 0.152. The molecule has 0 N–H and O–H groups in total. The van der Waals surface area contributed by atoms with Crippen molar-refractivity contribution in [2.45, 2.75) is 32.6 Å². The molecule has 5 heteroatoms. The minimum atomic E-state index is -0.152. The average Bonchev–Trinajstić information content (AvgIpc) is 2.46. The molecule has 0 atom stereocenters. The third-order valence-electron chi connectivity index (χ3n) is 3.61. The summed E-state index contributed by atoms with van der Waals surface area (Å²) in [5.41, 5.74) is 2.95.